The summed E-state index contributed by atoms with van der Waals surface area (Å²) < 4.78 is 39.9. The lowest BCUT2D eigenvalue weighted by atomic mass is 9.32. The standard InChI is InChI=1S/C34H41F2NO5/c1-30-10-7-22(38)18-32(30)13-14-34(23(19-32)28(39)21-5-6-24(35)25(36)17-21)26(30)8-11-31(2)27(34)9-12-33(31)20-37(29(40)42-33)15-4-16-41-3/h5-6,13-14,17,19,22,26-27,38H,4,7-12,15-16,18,20H2,1-3H3. The van der Waals surface area contributed by atoms with Crippen molar-refractivity contribution in [2.24, 2.45) is 33.5 Å². The molecule has 1 heterocycles. The Morgan fingerprint density at radius 1 is 1.07 bits per heavy atom. The molecule has 0 aromatic heterocycles. The van der Waals surface area contributed by atoms with Gasteiger partial charge in [0.1, 0.15) is 5.60 Å². The van der Waals surface area contributed by atoms with E-state index in [2.05, 4.69) is 32.1 Å². The summed E-state index contributed by atoms with van der Waals surface area (Å²) in [5.41, 5.74) is -1.53. The van der Waals surface area contributed by atoms with Crippen LogP contribution in [0.5, 0.6) is 0 Å². The molecule has 226 valence electrons. The van der Waals surface area contributed by atoms with Gasteiger partial charge in [0.25, 0.3) is 0 Å². The molecule has 8 rings (SSSR count). The Labute approximate surface area is 246 Å². The van der Waals surface area contributed by atoms with E-state index in [1.807, 2.05) is 4.90 Å². The number of ketones is 1. The smallest absolute Gasteiger partial charge is 0.410 e. The van der Waals surface area contributed by atoms with Crippen molar-refractivity contribution in [2.45, 2.75) is 76.9 Å². The molecular formula is C34H41F2NO5. The van der Waals surface area contributed by atoms with E-state index in [4.69, 9.17) is 9.47 Å². The highest BCUT2D eigenvalue weighted by molar-refractivity contribution is 6.10. The van der Waals surface area contributed by atoms with Gasteiger partial charge in [-0.15, -0.1) is 0 Å². The molecule has 1 aromatic rings. The van der Waals surface area contributed by atoms with E-state index in [9.17, 15) is 23.5 Å². The highest BCUT2D eigenvalue weighted by Gasteiger charge is 2.76. The van der Waals surface area contributed by atoms with Crippen LogP contribution in [0.25, 0.3) is 0 Å². The zero-order valence-electron chi connectivity index (χ0n) is 24.8. The van der Waals surface area contributed by atoms with Gasteiger partial charge in [0, 0.05) is 47.6 Å². The van der Waals surface area contributed by atoms with Crippen molar-refractivity contribution in [3.05, 3.63) is 59.2 Å². The fraction of sp³-hybridized carbons (Fsp3) is 0.647. The third-order valence-corrected chi connectivity index (χ3v) is 12.9. The average Bonchev–Trinajstić information content (AvgIpc) is 3.44. The molecule has 3 saturated carbocycles. The monoisotopic (exact) mass is 581 g/mol. The second-order valence-electron chi connectivity index (χ2n) is 14.4. The van der Waals surface area contributed by atoms with Crippen LogP contribution in [0.2, 0.25) is 0 Å². The Morgan fingerprint density at radius 2 is 1.81 bits per heavy atom. The first-order valence-corrected chi connectivity index (χ1v) is 15.5. The van der Waals surface area contributed by atoms with E-state index >= 15 is 0 Å². The summed E-state index contributed by atoms with van der Waals surface area (Å²) in [5.74, 6) is -2.14. The van der Waals surface area contributed by atoms with Crippen molar-refractivity contribution in [1.29, 1.82) is 0 Å². The van der Waals surface area contributed by atoms with Gasteiger partial charge in [-0.05, 0) is 86.8 Å². The maximum atomic E-state index is 14.5. The van der Waals surface area contributed by atoms with Crippen LogP contribution in [0.15, 0.2) is 42.0 Å². The second-order valence-corrected chi connectivity index (χ2v) is 14.4. The molecular weight excluding hydrogens is 540 g/mol. The molecule has 1 amide bonds. The van der Waals surface area contributed by atoms with Crippen molar-refractivity contribution in [1.82, 2.24) is 4.90 Å². The number of ether oxygens (including phenoxy) is 2. The third kappa shape index (κ3) is 3.42. The molecule has 6 aliphatic carbocycles. The van der Waals surface area contributed by atoms with Gasteiger partial charge in [0.05, 0.1) is 12.6 Å². The molecule has 1 aromatic carbocycles. The Hall–Kier alpha value is -2.58. The highest BCUT2D eigenvalue weighted by Crippen LogP contribution is 2.79. The van der Waals surface area contributed by atoms with Gasteiger partial charge in [0.2, 0.25) is 0 Å². The van der Waals surface area contributed by atoms with Gasteiger partial charge < -0.3 is 19.5 Å². The van der Waals surface area contributed by atoms with E-state index in [0.717, 1.165) is 57.1 Å². The fourth-order valence-corrected chi connectivity index (χ4v) is 10.7. The summed E-state index contributed by atoms with van der Waals surface area (Å²) in [4.78, 5) is 29.4. The topological polar surface area (TPSA) is 76.1 Å². The molecule has 42 heavy (non-hydrogen) atoms. The molecule has 4 fully saturated rings. The lowest BCUT2D eigenvalue weighted by molar-refractivity contribution is -0.164. The summed E-state index contributed by atoms with van der Waals surface area (Å²) in [7, 11) is 1.65. The number of halogens is 2. The quantitative estimate of drug-likeness (QED) is 0.245. The second kappa shape index (κ2) is 9.21. The molecule has 6 nitrogen and oxygen atoms in total. The van der Waals surface area contributed by atoms with Gasteiger partial charge in [-0.1, -0.05) is 32.1 Å². The number of carbonyl (C=O) groups is 2. The molecule has 1 aliphatic heterocycles. The molecule has 1 N–H and O–H groups in total. The van der Waals surface area contributed by atoms with Gasteiger partial charge >= 0.3 is 6.09 Å². The normalized spacial score (nSPS) is 43.2. The van der Waals surface area contributed by atoms with Crippen LogP contribution in [0, 0.1) is 45.1 Å². The first kappa shape index (κ1) is 28.2. The van der Waals surface area contributed by atoms with Crippen molar-refractivity contribution < 1.29 is 33.0 Å². The summed E-state index contributed by atoms with van der Waals surface area (Å²) in [6.45, 7) is 6.25. The van der Waals surface area contributed by atoms with Crippen molar-refractivity contribution in [3.8, 4) is 0 Å². The number of hydrogen-bond donors (Lipinski definition) is 1. The number of benzene rings is 1. The predicted octanol–water partition coefficient (Wildman–Crippen LogP) is 6.24. The van der Waals surface area contributed by atoms with Crippen LogP contribution in [0.3, 0.4) is 0 Å². The first-order valence-electron chi connectivity index (χ1n) is 15.5. The van der Waals surface area contributed by atoms with Crippen LogP contribution in [0.1, 0.15) is 75.6 Å². The van der Waals surface area contributed by atoms with Gasteiger partial charge in [-0.2, -0.15) is 0 Å². The summed E-state index contributed by atoms with van der Waals surface area (Å²) >= 11 is 0. The lowest BCUT2D eigenvalue weighted by Crippen LogP contribution is -2.67. The van der Waals surface area contributed by atoms with Crippen LogP contribution in [0.4, 0.5) is 13.6 Å². The number of nitrogens with zero attached hydrogens (tertiary/aromatic N) is 1. The number of carbonyl (C=O) groups excluding carboxylic acids is 2. The van der Waals surface area contributed by atoms with Crippen molar-refractivity contribution >= 4 is 11.9 Å². The molecule has 0 radical (unpaired) electrons. The Bertz CT molecular complexity index is 1410. The van der Waals surface area contributed by atoms with Crippen LogP contribution in [-0.4, -0.2) is 60.4 Å². The zero-order valence-corrected chi connectivity index (χ0v) is 24.8. The highest BCUT2D eigenvalue weighted by atomic mass is 19.2. The maximum absolute atomic E-state index is 14.5. The number of amides is 1. The third-order valence-electron chi connectivity index (χ3n) is 12.9. The van der Waals surface area contributed by atoms with Gasteiger partial charge in [-0.3, -0.25) is 4.79 Å². The number of methoxy groups -OCH3 is 1. The van der Waals surface area contributed by atoms with Gasteiger partial charge in [0.15, 0.2) is 17.4 Å². The number of fused-ring (bicyclic) bond motifs is 2. The summed E-state index contributed by atoms with van der Waals surface area (Å²) in [6.07, 6.45) is 12.0. The van der Waals surface area contributed by atoms with Crippen LogP contribution >= 0.6 is 0 Å². The fourth-order valence-electron chi connectivity index (χ4n) is 10.7. The van der Waals surface area contributed by atoms with E-state index in [1.54, 1.807) is 7.11 Å². The number of hydrogen-bond acceptors (Lipinski definition) is 5. The molecule has 7 aliphatic rings. The van der Waals surface area contributed by atoms with E-state index < -0.39 is 34.2 Å². The Morgan fingerprint density at radius 3 is 2.57 bits per heavy atom. The van der Waals surface area contributed by atoms with Crippen molar-refractivity contribution in [2.75, 3.05) is 26.8 Å². The van der Waals surface area contributed by atoms with E-state index in [1.165, 1.54) is 6.07 Å². The molecule has 8 heteroatoms. The predicted molar refractivity (Wildman–Crippen MR) is 152 cm³/mol. The largest absolute Gasteiger partial charge is 0.440 e. The van der Waals surface area contributed by atoms with Crippen molar-refractivity contribution in [3.63, 3.8) is 0 Å². The number of aliphatic hydroxyl groups is 1. The molecule has 2 bridgehead atoms. The minimum Gasteiger partial charge on any atom is -0.440 e. The number of aliphatic hydroxyl groups excluding tert-OH is 1. The lowest BCUT2D eigenvalue weighted by Gasteiger charge is -2.71. The maximum Gasteiger partial charge on any atom is 0.410 e. The number of allylic oxidation sites excluding steroid dienone is 4. The molecule has 3 spiro atoms. The number of Topliss-reactive ketones (excluding diaryl/α,β-unsaturated/α-hetero) is 1. The Balaban J connectivity index is 1.34. The first-order chi connectivity index (χ1) is 20.0. The number of rotatable bonds is 6. The molecule has 8 atom stereocenters. The van der Waals surface area contributed by atoms with E-state index in [-0.39, 0.29) is 40.1 Å². The van der Waals surface area contributed by atoms with E-state index in [0.29, 0.717) is 31.7 Å². The minimum absolute atomic E-state index is 0.0224. The molecule has 8 unspecified atom stereocenters. The zero-order chi connectivity index (χ0) is 29.7. The van der Waals surface area contributed by atoms with Crippen LogP contribution < -0.4 is 0 Å². The van der Waals surface area contributed by atoms with Gasteiger partial charge in [-0.25, -0.2) is 13.6 Å². The summed E-state index contributed by atoms with van der Waals surface area (Å²) in [6, 6.07) is 3.41. The average molecular weight is 582 g/mol. The molecule has 1 saturated heterocycles. The SMILES string of the molecule is COCCCN1CC2(CCC3C45C=CC6(C=C4C(=O)c4ccc(F)c(F)c4)CC(O)CCC6(C)C5CCC32C)OC1=O. The van der Waals surface area contributed by atoms with Crippen LogP contribution in [-0.2, 0) is 9.47 Å². The summed E-state index contributed by atoms with van der Waals surface area (Å²) in [5, 5.41) is 10.8. The Kier molecular flexibility index (Phi) is 6.19. The minimum atomic E-state index is -1.04.